The van der Waals surface area contributed by atoms with Gasteiger partial charge in [-0.1, -0.05) is 0 Å². The monoisotopic (exact) mass is 244 g/mol. The number of phenols is 1. The van der Waals surface area contributed by atoms with Gasteiger partial charge in [0.25, 0.3) is 0 Å². The Morgan fingerprint density at radius 1 is 1.29 bits per heavy atom. The van der Waals surface area contributed by atoms with Gasteiger partial charge in [0.2, 0.25) is 0 Å². The van der Waals surface area contributed by atoms with Gasteiger partial charge >= 0.3 is 5.97 Å². The highest BCUT2D eigenvalue weighted by molar-refractivity contribution is 5.73. The zero-order valence-electron chi connectivity index (χ0n) is 9.88. The summed E-state index contributed by atoms with van der Waals surface area (Å²) in [4.78, 5) is 11.4. The van der Waals surface area contributed by atoms with E-state index in [1.165, 1.54) is 0 Å². The van der Waals surface area contributed by atoms with E-state index in [2.05, 4.69) is 0 Å². The van der Waals surface area contributed by atoms with Crippen molar-refractivity contribution in [3.63, 3.8) is 0 Å². The number of benzene rings is 1. The summed E-state index contributed by atoms with van der Waals surface area (Å²) in [6.07, 6.45) is -0.375. The number of hydrogen-bond donors (Lipinski definition) is 1. The van der Waals surface area contributed by atoms with Crippen LogP contribution < -0.4 is 0 Å². The number of phenolic OH excluding ortho intramolecular Hbond substituents is 1. The van der Waals surface area contributed by atoms with Crippen molar-refractivity contribution in [1.82, 2.24) is 0 Å². The smallest absolute Gasteiger partial charge is 0.310 e. The molecule has 1 rings (SSSR count). The summed E-state index contributed by atoms with van der Waals surface area (Å²) >= 11 is 0. The van der Waals surface area contributed by atoms with Crippen LogP contribution in [-0.2, 0) is 16.0 Å². The minimum absolute atomic E-state index is 0.144. The minimum atomic E-state index is -0.968. The lowest BCUT2D eigenvalue weighted by Gasteiger charge is -2.19. The molecule has 0 unspecified atom stereocenters. The summed E-state index contributed by atoms with van der Waals surface area (Å²) in [5.74, 6) is -3.24. The largest absolute Gasteiger partial charge is 0.505 e. The molecule has 0 aliphatic rings. The van der Waals surface area contributed by atoms with Crippen LogP contribution in [0.4, 0.5) is 8.78 Å². The van der Waals surface area contributed by atoms with Gasteiger partial charge in [0.15, 0.2) is 11.6 Å². The first-order valence-electron chi connectivity index (χ1n) is 5.08. The van der Waals surface area contributed by atoms with Crippen molar-refractivity contribution in [2.75, 3.05) is 0 Å². The van der Waals surface area contributed by atoms with Crippen LogP contribution in [0.3, 0.4) is 0 Å². The van der Waals surface area contributed by atoms with Crippen LogP contribution in [0.2, 0.25) is 0 Å². The first kappa shape index (κ1) is 13.4. The Morgan fingerprint density at radius 3 is 2.41 bits per heavy atom. The topological polar surface area (TPSA) is 46.5 Å². The molecule has 0 bridgehead atoms. The minimum Gasteiger partial charge on any atom is -0.505 e. The Kier molecular flexibility index (Phi) is 3.70. The highest BCUT2D eigenvalue weighted by Crippen LogP contribution is 2.21. The molecule has 0 atom stereocenters. The fraction of sp³-hybridized carbons (Fsp3) is 0.417. The molecule has 3 nitrogen and oxygen atoms in total. The highest BCUT2D eigenvalue weighted by atomic mass is 19.1. The van der Waals surface area contributed by atoms with E-state index < -0.39 is 29.0 Å². The molecule has 94 valence electrons. The van der Waals surface area contributed by atoms with Crippen molar-refractivity contribution in [2.24, 2.45) is 0 Å². The maximum absolute atomic E-state index is 13.3. The number of esters is 1. The third-order valence-corrected chi connectivity index (χ3v) is 1.87. The quantitative estimate of drug-likeness (QED) is 0.813. The van der Waals surface area contributed by atoms with Crippen LogP contribution in [0, 0.1) is 11.6 Å². The Bertz CT molecular complexity index is 436. The molecule has 0 radical (unpaired) electrons. The molecular weight excluding hydrogens is 230 g/mol. The molecule has 17 heavy (non-hydrogen) atoms. The van der Waals surface area contributed by atoms with Gasteiger partial charge in [-0.3, -0.25) is 4.79 Å². The predicted octanol–water partition coefficient (Wildman–Crippen LogP) is 2.55. The second-order valence-electron chi connectivity index (χ2n) is 4.66. The molecule has 1 aromatic carbocycles. The van der Waals surface area contributed by atoms with E-state index in [4.69, 9.17) is 9.84 Å². The second-order valence-corrected chi connectivity index (χ2v) is 4.66. The third-order valence-electron chi connectivity index (χ3n) is 1.87. The van der Waals surface area contributed by atoms with Gasteiger partial charge in [-0.05, 0) is 26.8 Å². The lowest BCUT2D eigenvalue weighted by atomic mass is 10.1. The molecular formula is C12H14F2O3. The average Bonchev–Trinajstić information content (AvgIpc) is 2.11. The highest BCUT2D eigenvalue weighted by Gasteiger charge is 2.19. The van der Waals surface area contributed by atoms with Gasteiger partial charge in [0, 0.05) is 11.6 Å². The molecule has 1 N–H and O–H groups in total. The fourth-order valence-electron chi connectivity index (χ4n) is 1.25. The normalized spacial score (nSPS) is 11.4. The number of ether oxygens (including phenoxy) is 1. The Balaban J connectivity index is 2.82. The van der Waals surface area contributed by atoms with E-state index in [9.17, 15) is 13.6 Å². The van der Waals surface area contributed by atoms with Crippen LogP contribution in [0.5, 0.6) is 5.75 Å². The lowest BCUT2D eigenvalue weighted by molar-refractivity contribution is -0.153. The summed E-state index contributed by atoms with van der Waals surface area (Å²) in [5.41, 5.74) is -0.821. The van der Waals surface area contributed by atoms with Crippen molar-refractivity contribution in [3.8, 4) is 5.75 Å². The maximum Gasteiger partial charge on any atom is 0.310 e. The van der Waals surface area contributed by atoms with E-state index in [0.717, 1.165) is 6.07 Å². The van der Waals surface area contributed by atoms with Crippen LogP contribution in [-0.4, -0.2) is 16.7 Å². The summed E-state index contributed by atoms with van der Waals surface area (Å²) in [7, 11) is 0. The zero-order valence-corrected chi connectivity index (χ0v) is 9.88. The summed E-state index contributed by atoms with van der Waals surface area (Å²) in [5, 5.41) is 8.91. The molecule has 0 aromatic heterocycles. The Labute approximate surface area is 98.0 Å². The average molecular weight is 244 g/mol. The van der Waals surface area contributed by atoms with Crippen molar-refractivity contribution >= 4 is 5.97 Å². The van der Waals surface area contributed by atoms with Crippen LogP contribution in [0.1, 0.15) is 26.3 Å². The van der Waals surface area contributed by atoms with Crippen LogP contribution >= 0.6 is 0 Å². The zero-order chi connectivity index (χ0) is 13.2. The van der Waals surface area contributed by atoms with Crippen LogP contribution in [0.25, 0.3) is 0 Å². The molecule has 0 amide bonds. The Morgan fingerprint density at radius 2 is 1.88 bits per heavy atom. The molecule has 1 aromatic rings. The van der Waals surface area contributed by atoms with Gasteiger partial charge in [-0.2, -0.15) is 0 Å². The molecule has 0 saturated carbocycles. The second kappa shape index (κ2) is 4.69. The number of aromatic hydroxyl groups is 1. The number of rotatable bonds is 2. The van der Waals surface area contributed by atoms with Gasteiger partial charge < -0.3 is 9.84 Å². The fourth-order valence-corrected chi connectivity index (χ4v) is 1.25. The number of carbonyl (C=O) groups is 1. The molecule has 0 spiro atoms. The van der Waals surface area contributed by atoms with Crippen molar-refractivity contribution in [1.29, 1.82) is 0 Å². The van der Waals surface area contributed by atoms with Crippen LogP contribution in [0.15, 0.2) is 12.1 Å². The Hall–Kier alpha value is -1.65. The summed E-state index contributed by atoms with van der Waals surface area (Å²) in [6.45, 7) is 5.04. The lowest BCUT2D eigenvalue weighted by Crippen LogP contribution is -2.25. The van der Waals surface area contributed by atoms with Crippen molar-refractivity contribution in [3.05, 3.63) is 29.3 Å². The predicted molar refractivity (Wildman–Crippen MR) is 57.6 cm³/mol. The molecule has 0 heterocycles. The van der Waals surface area contributed by atoms with E-state index >= 15 is 0 Å². The SMILES string of the molecule is CC(C)(C)OC(=O)Cc1cc(F)c(O)cc1F. The van der Waals surface area contributed by atoms with E-state index in [1.807, 2.05) is 0 Å². The number of hydrogen-bond acceptors (Lipinski definition) is 3. The molecule has 0 aliphatic heterocycles. The van der Waals surface area contributed by atoms with Crippen molar-refractivity contribution < 1.29 is 23.4 Å². The van der Waals surface area contributed by atoms with E-state index in [0.29, 0.717) is 6.07 Å². The van der Waals surface area contributed by atoms with Gasteiger partial charge in [0.05, 0.1) is 6.42 Å². The summed E-state index contributed by atoms with van der Waals surface area (Å²) < 4.78 is 31.2. The number of halogens is 2. The van der Waals surface area contributed by atoms with E-state index in [1.54, 1.807) is 20.8 Å². The van der Waals surface area contributed by atoms with E-state index in [-0.39, 0.29) is 12.0 Å². The maximum atomic E-state index is 13.3. The van der Waals surface area contributed by atoms with Gasteiger partial charge in [0.1, 0.15) is 11.4 Å². The molecule has 0 fully saturated rings. The first-order chi connectivity index (χ1) is 7.69. The molecule has 0 aliphatic carbocycles. The summed E-state index contributed by atoms with van der Waals surface area (Å²) in [6, 6.07) is 1.42. The standard InChI is InChI=1S/C12H14F2O3/c1-12(2,3)17-11(16)5-7-4-9(14)10(15)6-8(7)13/h4,6,15H,5H2,1-3H3. The van der Waals surface area contributed by atoms with Crippen molar-refractivity contribution in [2.45, 2.75) is 32.8 Å². The molecule has 5 heteroatoms. The van der Waals surface area contributed by atoms with Gasteiger partial charge in [-0.15, -0.1) is 0 Å². The first-order valence-corrected chi connectivity index (χ1v) is 5.08. The number of carbonyl (C=O) groups excluding carboxylic acids is 1. The third kappa shape index (κ3) is 4.01. The molecule has 0 saturated heterocycles. The van der Waals surface area contributed by atoms with Gasteiger partial charge in [-0.25, -0.2) is 8.78 Å².